The summed E-state index contributed by atoms with van der Waals surface area (Å²) in [5.41, 5.74) is 4.09. The Morgan fingerprint density at radius 2 is 1.91 bits per heavy atom. The van der Waals surface area contributed by atoms with E-state index in [1.54, 1.807) is 0 Å². The molecule has 5 heteroatoms. The molecule has 0 aliphatic carbocycles. The van der Waals surface area contributed by atoms with Crippen LogP contribution in [0.4, 0.5) is 0 Å². The van der Waals surface area contributed by atoms with Gasteiger partial charge in [-0.05, 0) is 25.5 Å². The summed E-state index contributed by atoms with van der Waals surface area (Å²) in [6.07, 6.45) is 0.507. The Kier molecular flexibility index (Phi) is 4.71. The molecule has 1 aromatic heterocycles. The third-order valence-corrected chi connectivity index (χ3v) is 3.78. The minimum absolute atomic E-state index is 0.295. The van der Waals surface area contributed by atoms with Crippen molar-refractivity contribution >= 4 is 22.6 Å². The van der Waals surface area contributed by atoms with Crippen LogP contribution in [0.5, 0.6) is 0 Å². The highest BCUT2D eigenvalue weighted by atomic mass is 35.5. The molecule has 4 nitrogen and oxygen atoms in total. The number of hydrogen-bond acceptors (Lipinski definition) is 3. The first-order chi connectivity index (χ1) is 10.8. The smallest absolute Gasteiger partial charge is 0.178 e. The van der Waals surface area contributed by atoms with Gasteiger partial charge in [0, 0.05) is 11.4 Å². The number of benzene rings is 2. The monoisotopic (exact) mass is 315 g/mol. The normalized spacial score (nSPS) is 12.6. The lowest BCUT2D eigenvalue weighted by Crippen LogP contribution is -2.17. The van der Waals surface area contributed by atoms with Gasteiger partial charge in [-0.2, -0.15) is 0 Å². The molecule has 0 fully saturated rings. The second kappa shape index (κ2) is 6.90. The van der Waals surface area contributed by atoms with Crippen molar-refractivity contribution in [3.63, 3.8) is 0 Å². The Hall–Kier alpha value is -1.91. The summed E-state index contributed by atoms with van der Waals surface area (Å²) >= 11 is 5.76. The van der Waals surface area contributed by atoms with Crippen molar-refractivity contribution in [2.24, 2.45) is 0 Å². The quantitative estimate of drug-likeness (QED) is 0.511. The van der Waals surface area contributed by atoms with Crippen LogP contribution < -0.4 is 0 Å². The van der Waals surface area contributed by atoms with Crippen LogP contribution in [0.25, 0.3) is 11.0 Å². The van der Waals surface area contributed by atoms with Gasteiger partial charge in [-0.25, -0.2) is 4.68 Å². The first-order valence-electron chi connectivity index (χ1n) is 7.33. The van der Waals surface area contributed by atoms with Crippen LogP contribution in [0, 0.1) is 6.92 Å². The topological polar surface area (TPSA) is 39.9 Å². The standard InChI is InChI=1S/C17H18ClN3O/c1-13-7-9-14(10-8-13)17(22-12-4-11-18)21-16-6-3-2-5-15(16)19-20-21/h2-3,5-10,17H,4,11-12H2,1H3/t17-/m1/s1. The third-order valence-electron chi connectivity index (χ3n) is 3.52. The van der Waals surface area contributed by atoms with Gasteiger partial charge in [0.15, 0.2) is 6.23 Å². The number of aryl methyl sites for hydroxylation is 1. The van der Waals surface area contributed by atoms with E-state index in [1.165, 1.54) is 5.56 Å². The molecular formula is C17H18ClN3O. The van der Waals surface area contributed by atoms with E-state index in [0.717, 1.165) is 23.0 Å². The van der Waals surface area contributed by atoms with Gasteiger partial charge in [0.2, 0.25) is 0 Å². The van der Waals surface area contributed by atoms with Crippen molar-refractivity contribution in [3.05, 3.63) is 59.7 Å². The van der Waals surface area contributed by atoms with E-state index in [9.17, 15) is 0 Å². The Labute approximate surface area is 134 Å². The first-order valence-corrected chi connectivity index (χ1v) is 7.87. The number of fused-ring (bicyclic) bond motifs is 1. The number of nitrogens with zero attached hydrogens (tertiary/aromatic N) is 3. The molecule has 114 valence electrons. The van der Waals surface area contributed by atoms with Crippen LogP contribution in [-0.4, -0.2) is 27.5 Å². The van der Waals surface area contributed by atoms with Gasteiger partial charge in [0.1, 0.15) is 5.52 Å². The molecule has 0 aliphatic rings. The molecule has 22 heavy (non-hydrogen) atoms. The third kappa shape index (κ3) is 3.13. The van der Waals surface area contributed by atoms with Crippen LogP contribution in [0.15, 0.2) is 48.5 Å². The van der Waals surface area contributed by atoms with Gasteiger partial charge in [-0.1, -0.05) is 47.2 Å². The van der Waals surface area contributed by atoms with Crippen LogP contribution in [0.2, 0.25) is 0 Å². The van der Waals surface area contributed by atoms with E-state index in [4.69, 9.17) is 16.3 Å². The van der Waals surface area contributed by atoms with Crippen molar-refractivity contribution in [1.82, 2.24) is 15.0 Å². The van der Waals surface area contributed by atoms with E-state index >= 15 is 0 Å². The molecule has 2 aromatic carbocycles. The summed E-state index contributed by atoms with van der Waals surface area (Å²) in [6, 6.07) is 16.2. The predicted octanol–water partition coefficient (Wildman–Crippen LogP) is 3.93. The molecule has 0 unspecified atom stereocenters. The highest BCUT2D eigenvalue weighted by molar-refractivity contribution is 6.17. The molecule has 3 aromatic rings. The Morgan fingerprint density at radius 3 is 2.68 bits per heavy atom. The highest BCUT2D eigenvalue weighted by Gasteiger charge is 2.18. The van der Waals surface area contributed by atoms with Crippen molar-refractivity contribution in [1.29, 1.82) is 0 Å². The first kappa shape index (κ1) is 15.0. The van der Waals surface area contributed by atoms with Crippen molar-refractivity contribution in [3.8, 4) is 0 Å². The van der Waals surface area contributed by atoms with Crippen molar-refractivity contribution in [2.45, 2.75) is 19.6 Å². The van der Waals surface area contributed by atoms with Crippen LogP contribution in [-0.2, 0) is 4.74 Å². The maximum Gasteiger partial charge on any atom is 0.178 e. The lowest BCUT2D eigenvalue weighted by Gasteiger charge is -2.19. The Balaban J connectivity index is 1.98. The minimum Gasteiger partial charge on any atom is -0.352 e. The zero-order valence-corrected chi connectivity index (χ0v) is 13.2. The summed E-state index contributed by atoms with van der Waals surface area (Å²) in [4.78, 5) is 0. The van der Waals surface area contributed by atoms with Gasteiger partial charge in [-0.3, -0.25) is 0 Å². The molecular weight excluding hydrogens is 298 g/mol. The molecule has 0 saturated carbocycles. The molecule has 0 N–H and O–H groups in total. The zero-order valence-electron chi connectivity index (χ0n) is 12.4. The summed E-state index contributed by atoms with van der Waals surface area (Å²) < 4.78 is 7.86. The fourth-order valence-electron chi connectivity index (χ4n) is 2.35. The maximum atomic E-state index is 6.04. The van der Waals surface area contributed by atoms with Gasteiger partial charge in [0.05, 0.1) is 12.1 Å². The summed E-state index contributed by atoms with van der Waals surface area (Å²) in [6.45, 7) is 2.65. The van der Waals surface area contributed by atoms with Crippen LogP contribution >= 0.6 is 11.6 Å². The van der Waals surface area contributed by atoms with E-state index in [0.29, 0.717) is 12.5 Å². The summed E-state index contributed by atoms with van der Waals surface area (Å²) in [5, 5.41) is 8.50. The number of halogens is 1. The Bertz CT molecular complexity index is 739. The molecule has 0 spiro atoms. The van der Waals surface area contributed by atoms with Crippen molar-refractivity contribution < 1.29 is 4.74 Å². The SMILES string of the molecule is Cc1ccc([C@@H](OCCCCl)n2nnc3ccccc32)cc1. The fraction of sp³-hybridized carbons (Fsp3) is 0.294. The van der Waals surface area contributed by atoms with E-state index < -0.39 is 0 Å². The minimum atomic E-state index is -0.295. The lowest BCUT2D eigenvalue weighted by atomic mass is 10.1. The van der Waals surface area contributed by atoms with E-state index in [-0.39, 0.29) is 6.23 Å². The molecule has 0 aliphatic heterocycles. The fourth-order valence-corrected chi connectivity index (χ4v) is 2.46. The number of aromatic nitrogens is 3. The van der Waals surface area contributed by atoms with Crippen molar-refractivity contribution in [2.75, 3.05) is 12.5 Å². The average Bonchev–Trinajstić information content (AvgIpc) is 2.97. The van der Waals surface area contributed by atoms with Crippen LogP contribution in [0.3, 0.4) is 0 Å². The molecule has 1 heterocycles. The van der Waals surface area contributed by atoms with Gasteiger partial charge < -0.3 is 4.74 Å². The molecule has 0 bridgehead atoms. The van der Waals surface area contributed by atoms with Gasteiger partial charge >= 0.3 is 0 Å². The molecule has 0 amide bonds. The molecule has 0 saturated heterocycles. The van der Waals surface area contributed by atoms with E-state index in [1.807, 2.05) is 28.9 Å². The summed E-state index contributed by atoms with van der Waals surface area (Å²) in [5.74, 6) is 0.582. The maximum absolute atomic E-state index is 6.04. The van der Waals surface area contributed by atoms with Gasteiger partial charge in [-0.15, -0.1) is 16.7 Å². The Morgan fingerprint density at radius 1 is 1.14 bits per heavy atom. The second-order valence-corrected chi connectivity index (χ2v) is 5.58. The highest BCUT2D eigenvalue weighted by Crippen LogP contribution is 2.24. The van der Waals surface area contributed by atoms with E-state index in [2.05, 4.69) is 41.5 Å². The molecule has 3 rings (SSSR count). The molecule has 1 atom stereocenters. The predicted molar refractivity (Wildman–Crippen MR) is 88.1 cm³/mol. The lowest BCUT2D eigenvalue weighted by molar-refractivity contribution is 0.0261. The number of alkyl halides is 1. The number of ether oxygens (including phenoxy) is 1. The number of rotatable bonds is 6. The molecule has 0 radical (unpaired) electrons. The van der Waals surface area contributed by atoms with Crippen LogP contribution in [0.1, 0.15) is 23.8 Å². The van der Waals surface area contributed by atoms with Gasteiger partial charge in [0.25, 0.3) is 0 Å². The number of para-hydroxylation sites is 1. The number of hydrogen-bond donors (Lipinski definition) is 0. The second-order valence-electron chi connectivity index (χ2n) is 5.20. The zero-order chi connectivity index (χ0) is 15.4. The summed E-state index contributed by atoms with van der Waals surface area (Å²) in [7, 11) is 0. The largest absolute Gasteiger partial charge is 0.352 e. The average molecular weight is 316 g/mol.